The van der Waals surface area contributed by atoms with E-state index in [1.165, 1.54) is 5.69 Å². The lowest BCUT2D eigenvalue weighted by molar-refractivity contribution is 0.460. The van der Waals surface area contributed by atoms with Gasteiger partial charge < -0.3 is 10.6 Å². The van der Waals surface area contributed by atoms with E-state index in [-0.39, 0.29) is 5.54 Å². The first-order chi connectivity index (χ1) is 7.38. The normalized spacial score (nSPS) is 11.6. The molecule has 2 nitrogen and oxygen atoms in total. The van der Waals surface area contributed by atoms with Gasteiger partial charge >= 0.3 is 0 Å². The summed E-state index contributed by atoms with van der Waals surface area (Å²) in [6, 6.07) is 8.38. The van der Waals surface area contributed by atoms with Crippen LogP contribution in [0.25, 0.3) is 0 Å². The third-order valence-corrected chi connectivity index (χ3v) is 3.11. The van der Waals surface area contributed by atoms with E-state index in [0.29, 0.717) is 0 Å². The van der Waals surface area contributed by atoms with Gasteiger partial charge in [0.25, 0.3) is 0 Å². The van der Waals surface area contributed by atoms with Crippen LogP contribution in [-0.4, -0.2) is 19.1 Å². The van der Waals surface area contributed by atoms with E-state index in [2.05, 4.69) is 66.0 Å². The van der Waals surface area contributed by atoms with Crippen molar-refractivity contribution in [3.8, 4) is 0 Å². The maximum absolute atomic E-state index is 5.96. The summed E-state index contributed by atoms with van der Waals surface area (Å²) in [4.78, 5) is 2.26. The van der Waals surface area contributed by atoms with Crippen molar-refractivity contribution in [1.29, 1.82) is 0 Å². The van der Waals surface area contributed by atoms with Crippen molar-refractivity contribution in [2.45, 2.75) is 32.2 Å². The Balaban J connectivity index is 2.41. The molecule has 0 bridgehead atoms. The van der Waals surface area contributed by atoms with Gasteiger partial charge in [0.1, 0.15) is 0 Å². The standard InChI is InChI=1S/C13H21BrN2/c1-13(2,15)9-4-10-16(3)12-7-5-11(14)6-8-12/h5-8H,4,9-10,15H2,1-3H3. The van der Waals surface area contributed by atoms with Crippen molar-refractivity contribution >= 4 is 21.6 Å². The largest absolute Gasteiger partial charge is 0.375 e. The Morgan fingerprint density at radius 1 is 1.25 bits per heavy atom. The molecular formula is C13H21BrN2. The van der Waals surface area contributed by atoms with Gasteiger partial charge in [0.15, 0.2) is 0 Å². The number of rotatable bonds is 5. The van der Waals surface area contributed by atoms with Crippen LogP contribution in [0, 0.1) is 0 Å². The van der Waals surface area contributed by atoms with Crippen LogP contribution in [0.2, 0.25) is 0 Å². The van der Waals surface area contributed by atoms with Gasteiger partial charge in [-0.25, -0.2) is 0 Å². The summed E-state index contributed by atoms with van der Waals surface area (Å²) in [5.74, 6) is 0. The van der Waals surface area contributed by atoms with Gasteiger partial charge in [-0.1, -0.05) is 15.9 Å². The van der Waals surface area contributed by atoms with Crippen molar-refractivity contribution < 1.29 is 0 Å². The molecule has 1 aromatic carbocycles. The fourth-order valence-corrected chi connectivity index (χ4v) is 1.86. The average Bonchev–Trinajstić information content (AvgIpc) is 2.16. The number of hydrogen-bond acceptors (Lipinski definition) is 2. The first kappa shape index (κ1) is 13.5. The number of anilines is 1. The zero-order chi connectivity index (χ0) is 12.2. The monoisotopic (exact) mass is 284 g/mol. The van der Waals surface area contributed by atoms with Gasteiger partial charge in [-0.2, -0.15) is 0 Å². The quantitative estimate of drug-likeness (QED) is 0.898. The van der Waals surface area contributed by atoms with Crippen LogP contribution in [0.1, 0.15) is 26.7 Å². The minimum atomic E-state index is -0.0550. The molecule has 0 radical (unpaired) electrons. The lowest BCUT2D eigenvalue weighted by Gasteiger charge is -2.23. The smallest absolute Gasteiger partial charge is 0.0364 e. The number of nitrogens with zero attached hydrogens (tertiary/aromatic N) is 1. The summed E-state index contributed by atoms with van der Waals surface area (Å²) in [5.41, 5.74) is 7.15. The summed E-state index contributed by atoms with van der Waals surface area (Å²) >= 11 is 3.44. The van der Waals surface area contributed by atoms with E-state index < -0.39 is 0 Å². The first-order valence-corrected chi connectivity index (χ1v) is 6.43. The van der Waals surface area contributed by atoms with Crippen LogP contribution >= 0.6 is 15.9 Å². The van der Waals surface area contributed by atoms with Gasteiger partial charge in [-0.05, 0) is 51.0 Å². The van der Waals surface area contributed by atoms with Crippen LogP contribution in [0.5, 0.6) is 0 Å². The summed E-state index contributed by atoms with van der Waals surface area (Å²) in [6.45, 7) is 5.20. The molecule has 3 heteroatoms. The molecule has 0 heterocycles. The molecule has 0 aliphatic heterocycles. The van der Waals surface area contributed by atoms with Gasteiger partial charge in [-0.15, -0.1) is 0 Å². The van der Waals surface area contributed by atoms with E-state index in [0.717, 1.165) is 23.9 Å². The molecule has 16 heavy (non-hydrogen) atoms. The minimum Gasteiger partial charge on any atom is -0.375 e. The Morgan fingerprint density at radius 3 is 2.31 bits per heavy atom. The third kappa shape index (κ3) is 4.99. The molecular weight excluding hydrogens is 264 g/mol. The summed E-state index contributed by atoms with van der Waals surface area (Å²) in [6.07, 6.45) is 2.17. The molecule has 0 saturated carbocycles. The van der Waals surface area contributed by atoms with Crippen molar-refractivity contribution in [3.63, 3.8) is 0 Å². The molecule has 90 valence electrons. The molecule has 1 rings (SSSR count). The molecule has 0 atom stereocenters. The molecule has 0 saturated heterocycles. The number of hydrogen-bond donors (Lipinski definition) is 1. The number of benzene rings is 1. The maximum atomic E-state index is 5.96. The number of nitrogens with two attached hydrogens (primary N) is 1. The zero-order valence-corrected chi connectivity index (χ0v) is 11.9. The average molecular weight is 285 g/mol. The highest BCUT2D eigenvalue weighted by atomic mass is 79.9. The molecule has 0 fully saturated rings. The van der Waals surface area contributed by atoms with Gasteiger partial charge in [0.2, 0.25) is 0 Å². The topological polar surface area (TPSA) is 29.3 Å². The molecule has 0 aliphatic carbocycles. The molecule has 2 N–H and O–H groups in total. The van der Waals surface area contributed by atoms with Crippen LogP contribution in [0.4, 0.5) is 5.69 Å². The second kappa shape index (κ2) is 5.69. The van der Waals surface area contributed by atoms with Crippen molar-refractivity contribution in [2.75, 3.05) is 18.5 Å². The van der Waals surface area contributed by atoms with Crippen LogP contribution in [0.15, 0.2) is 28.7 Å². The Hall–Kier alpha value is -0.540. The van der Waals surface area contributed by atoms with Gasteiger partial charge in [-0.3, -0.25) is 0 Å². The van der Waals surface area contributed by atoms with Crippen molar-refractivity contribution in [1.82, 2.24) is 0 Å². The second-order valence-electron chi connectivity index (χ2n) is 4.99. The van der Waals surface area contributed by atoms with Crippen molar-refractivity contribution in [2.24, 2.45) is 5.73 Å². The highest BCUT2D eigenvalue weighted by Crippen LogP contribution is 2.18. The van der Waals surface area contributed by atoms with E-state index in [4.69, 9.17) is 5.73 Å². The highest BCUT2D eigenvalue weighted by molar-refractivity contribution is 9.10. The van der Waals surface area contributed by atoms with Crippen LogP contribution in [0.3, 0.4) is 0 Å². The molecule has 0 amide bonds. The summed E-state index contributed by atoms with van der Waals surface area (Å²) in [7, 11) is 2.12. The summed E-state index contributed by atoms with van der Waals surface area (Å²) < 4.78 is 1.12. The predicted molar refractivity (Wildman–Crippen MR) is 74.9 cm³/mol. The van der Waals surface area contributed by atoms with E-state index in [9.17, 15) is 0 Å². The van der Waals surface area contributed by atoms with Crippen molar-refractivity contribution in [3.05, 3.63) is 28.7 Å². The second-order valence-corrected chi connectivity index (χ2v) is 5.91. The lowest BCUT2D eigenvalue weighted by Crippen LogP contribution is -2.33. The minimum absolute atomic E-state index is 0.0550. The Morgan fingerprint density at radius 2 is 1.81 bits per heavy atom. The van der Waals surface area contributed by atoms with Gasteiger partial charge in [0, 0.05) is 29.3 Å². The molecule has 0 spiro atoms. The molecule has 1 aromatic rings. The predicted octanol–water partition coefficient (Wildman–Crippen LogP) is 3.40. The molecule has 0 aliphatic rings. The Kier molecular flexibility index (Phi) is 4.81. The lowest BCUT2D eigenvalue weighted by atomic mass is 10.00. The van der Waals surface area contributed by atoms with E-state index in [1.807, 2.05) is 0 Å². The van der Waals surface area contributed by atoms with Crippen LogP contribution in [-0.2, 0) is 0 Å². The zero-order valence-electron chi connectivity index (χ0n) is 10.3. The van der Waals surface area contributed by atoms with Gasteiger partial charge in [0.05, 0.1) is 0 Å². The SMILES string of the molecule is CN(CCCC(C)(C)N)c1ccc(Br)cc1. The fourth-order valence-electron chi connectivity index (χ4n) is 1.60. The summed E-state index contributed by atoms with van der Waals surface area (Å²) in [5, 5.41) is 0. The van der Waals surface area contributed by atoms with E-state index >= 15 is 0 Å². The Bertz CT molecular complexity index is 314. The number of halogens is 1. The maximum Gasteiger partial charge on any atom is 0.0364 e. The van der Waals surface area contributed by atoms with E-state index in [1.54, 1.807) is 0 Å². The molecule has 0 aromatic heterocycles. The third-order valence-electron chi connectivity index (χ3n) is 2.58. The van der Waals surface area contributed by atoms with Crippen LogP contribution < -0.4 is 10.6 Å². The highest BCUT2D eigenvalue weighted by Gasteiger charge is 2.10. The Labute approximate surface area is 107 Å². The molecule has 0 unspecified atom stereocenters. The first-order valence-electron chi connectivity index (χ1n) is 5.64. The fraction of sp³-hybridized carbons (Fsp3) is 0.538.